The number of benzene rings is 3. The molecule has 0 unspecified atom stereocenters. The van der Waals surface area contributed by atoms with E-state index >= 15 is 0 Å². The molecule has 0 amide bonds. The van der Waals surface area contributed by atoms with Crippen molar-refractivity contribution in [2.45, 2.75) is 39.5 Å². The molecule has 2 heteroatoms. The fourth-order valence-electron chi connectivity index (χ4n) is 3.53. The number of halogens is 1. The fraction of sp³-hybridized carbons (Fsp3) is 0.308. The summed E-state index contributed by atoms with van der Waals surface area (Å²) in [5, 5.41) is 3.35. The molecule has 0 bridgehead atoms. The molecule has 3 aromatic rings. The van der Waals surface area contributed by atoms with Gasteiger partial charge in [0.05, 0.1) is 0 Å². The highest BCUT2D eigenvalue weighted by molar-refractivity contribution is 5.71. The van der Waals surface area contributed by atoms with E-state index in [1.165, 1.54) is 11.1 Å². The monoisotopic (exact) mass is 375 g/mol. The van der Waals surface area contributed by atoms with Crippen LogP contribution in [0.3, 0.4) is 0 Å². The van der Waals surface area contributed by atoms with E-state index < -0.39 is 0 Å². The van der Waals surface area contributed by atoms with Gasteiger partial charge in [0, 0.05) is 5.56 Å². The number of rotatable bonds is 9. The predicted molar refractivity (Wildman–Crippen MR) is 118 cm³/mol. The van der Waals surface area contributed by atoms with Crippen molar-refractivity contribution in [3.8, 4) is 22.3 Å². The summed E-state index contributed by atoms with van der Waals surface area (Å²) < 4.78 is 14.8. The lowest BCUT2D eigenvalue weighted by atomic mass is 9.97. The van der Waals surface area contributed by atoms with Gasteiger partial charge in [-0.2, -0.15) is 0 Å². The molecule has 0 atom stereocenters. The summed E-state index contributed by atoms with van der Waals surface area (Å²) in [6, 6.07) is 22.3. The van der Waals surface area contributed by atoms with Crippen molar-refractivity contribution in [1.82, 2.24) is 5.32 Å². The van der Waals surface area contributed by atoms with Crippen molar-refractivity contribution >= 4 is 0 Å². The first kappa shape index (κ1) is 20.3. The minimum absolute atomic E-state index is 0.171. The van der Waals surface area contributed by atoms with Crippen LogP contribution in [-0.4, -0.2) is 13.1 Å². The minimum atomic E-state index is -0.171. The Morgan fingerprint density at radius 1 is 0.714 bits per heavy atom. The van der Waals surface area contributed by atoms with Gasteiger partial charge in [-0.25, -0.2) is 4.39 Å². The zero-order valence-electron chi connectivity index (χ0n) is 17.0. The van der Waals surface area contributed by atoms with Crippen LogP contribution in [0.5, 0.6) is 0 Å². The van der Waals surface area contributed by atoms with Crippen molar-refractivity contribution < 1.29 is 4.39 Å². The van der Waals surface area contributed by atoms with Crippen LogP contribution in [0, 0.1) is 5.82 Å². The predicted octanol–water partition coefficient (Wildman–Crippen LogP) is 6.65. The zero-order chi connectivity index (χ0) is 19.8. The Hall–Kier alpha value is -2.45. The normalized spacial score (nSPS) is 11.0. The minimum Gasteiger partial charge on any atom is -0.317 e. The van der Waals surface area contributed by atoms with Gasteiger partial charge < -0.3 is 5.32 Å². The largest absolute Gasteiger partial charge is 0.317 e. The van der Waals surface area contributed by atoms with Crippen molar-refractivity contribution in [2.24, 2.45) is 0 Å². The molecular weight excluding hydrogens is 345 g/mol. The molecule has 0 aliphatic rings. The van der Waals surface area contributed by atoms with E-state index in [-0.39, 0.29) is 5.82 Å². The lowest BCUT2D eigenvalue weighted by molar-refractivity contribution is 0.632. The quantitative estimate of drug-likeness (QED) is 0.413. The average molecular weight is 376 g/mol. The van der Waals surface area contributed by atoms with E-state index in [4.69, 9.17) is 0 Å². The number of aryl methyl sites for hydroxylation is 2. The Balaban J connectivity index is 1.71. The molecule has 1 N–H and O–H groups in total. The highest BCUT2D eigenvalue weighted by atomic mass is 19.1. The standard InChI is InChI=1S/C26H30FN/c1-3-6-20-10-14-23(15-11-20)25-17-16-24(19-26(25)27)22-12-8-21(9-13-22)7-5-18-28-4-2/h8-17,19,28H,3-7,18H2,1-2H3. The lowest BCUT2D eigenvalue weighted by Gasteiger charge is -2.09. The molecule has 146 valence electrons. The van der Waals surface area contributed by atoms with Crippen molar-refractivity contribution in [2.75, 3.05) is 13.1 Å². The van der Waals surface area contributed by atoms with E-state index in [1.807, 2.05) is 24.3 Å². The van der Waals surface area contributed by atoms with E-state index in [2.05, 4.69) is 55.6 Å². The van der Waals surface area contributed by atoms with Gasteiger partial charge >= 0.3 is 0 Å². The second-order valence-corrected chi connectivity index (χ2v) is 7.30. The molecule has 0 aliphatic carbocycles. The van der Waals surface area contributed by atoms with Crippen molar-refractivity contribution in [3.63, 3.8) is 0 Å². The highest BCUT2D eigenvalue weighted by Crippen LogP contribution is 2.28. The zero-order valence-corrected chi connectivity index (χ0v) is 17.0. The molecular formula is C26H30FN. The van der Waals surface area contributed by atoms with Gasteiger partial charge in [0.2, 0.25) is 0 Å². The summed E-state index contributed by atoms with van der Waals surface area (Å²) in [7, 11) is 0. The molecule has 0 fully saturated rings. The van der Waals surface area contributed by atoms with Gasteiger partial charge in [0.1, 0.15) is 5.82 Å². The van der Waals surface area contributed by atoms with Crippen LogP contribution in [0.2, 0.25) is 0 Å². The highest BCUT2D eigenvalue weighted by Gasteiger charge is 2.08. The van der Waals surface area contributed by atoms with Crippen LogP contribution in [0.4, 0.5) is 4.39 Å². The molecule has 0 heterocycles. The van der Waals surface area contributed by atoms with E-state index in [0.29, 0.717) is 5.56 Å². The van der Waals surface area contributed by atoms with Gasteiger partial charge in [-0.05, 0) is 66.2 Å². The maximum absolute atomic E-state index is 14.8. The van der Waals surface area contributed by atoms with Crippen LogP contribution in [0.25, 0.3) is 22.3 Å². The third-order valence-electron chi connectivity index (χ3n) is 5.13. The molecule has 1 nitrogen and oxygen atoms in total. The van der Waals surface area contributed by atoms with Crippen LogP contribution >= 0.6 is 0 Å². The van der Waals surface area contributed by atoms with Gasteiger partial charge in [-0.3, -0.25) is 0 Å². The molecule has 3 aromatic carbocycles. The fourth-order valence-corrected chi connectivity index (χ4v) is 3.53. The molecule has 0 saturated heterocycles. The van der Waals surface area contributed by atoms with Gasteiger partial charge in [-0.1, -0.05) is 80.9 Å². The topological polar surface area (TPSA) is 12.0 Å². The summed E-state index contributed by atoms with van der Waals surface area (Å²) in [6.45, 7) is 6.36. The summed E-state index contributed by atoms with van der Waals surface area (Å²) in [6.07, 6.45) is 4.38. The van der Waals surface area contributed by atoms with Crippen LogP contribution in [0.15, 0.2) is 66.7 Å². The smallest absolute Gasteiger partial charge is 0.131 e. The van der Waals surface area contributed by atoms with Crippen LogP contribution in [0.1, 0.15) is 37.8 Å². The molecule has 0 saturated carbocycles. The Morgan fingerprint density at radius 3 is 1.93 bits per heavy atom. The molecule has 28 heavy (non-hydrogen) atoms. The number of hydrogen-bond acceptors (Lipinski definition) is 1. The number of nitrogens with one attached hydrogen (secondary N) is 1. The molecule has 0 radical (unpaired) electrons. The first-order chi connectivity index (χ1) is 13.7. The Morgan fingerprint density at radius 2 is 1.32 bits per heavy atom. The van der Waals surface area contributed by atoms with Gasteiger partial charge in [-0.15, -0.1) is 0 Å². The third kappa shape index (κ3) is 5.30. The van der Waals surface area contributed by atoms with Crippen LogP contribution < -0.4 is 5.32 Å². The third-order valence-corrected chi connectivity index (χ3v) is 5.13. The molecule has 0 aliphatic heterocycles. The second-order valence-electron chi connectivity index (χ2n) is 7.30. The SMILES string of the molecule is CCCc1ccc(-c2ccc(-c3ccc(CCCNCC)cc3)cc2F)cc1. The number of hydrogen-bond donors (Lipinski definition) is 1. The summed E-state index contributed by atoms with van der Waals surface area (Å²) >= 11 is 0. The van der Waals surface area contributed by atoms with Crippen molar-refractivity contribution in [1.29, 1.82) is 0 Å². The Kier molecular flexibility index (Phi) is 7.39. The van der Waals surface area contributed by atoms with Crippen molar-refractivity contribution in [3.05, 3.63) is 83.7 Å². The van der Waals surface area contributed by atoms with E-state index in [1.54, 1.807) is 6.07 Å². The Bertz CT molecular complexity index is 866. The lowest BCUT2D eigenvalue weighted by Crippen LogP contribution is -2.14. The summed E-state index contributed by atoms with van der Waals surface area (Å²) in [5.41, 5.74) is 6.19. The Labute approximate surface area is 168 Å². The van der Waals surface area contributed by atoms with Gasteiger partial charge in [0.25, 0.3) is 0 Å². The maximum Gasteiger partial charge on any atom is 0.131 e. The van der Waals surface area contributed by atoms with E-state index in [9.17, 15) is 4.39 Å². The molecule has 0 aromatic heterocycles. The first-order valence-corrected chi connectivity index (χ1v) is 10.4. The second kappa shape index (κ2) is 10.2. The maximum atomic E-state index is 14.8. The van der Waals surface area contributed by atoms with E-state index in [0.717, 1.165) is 55.5 Å². The average Bonchev–Trinajstić information content (AvgIpc) is 2.73. The first-order valence-electron chi connectivity index (χ1n) is 10.4. The van der Waals surface area contributed by atoms with Gasteiger partial charge in [0.15, 0.2) is 0 Å². The molecule has 0 spiro atoms. The molecule has 3 rings (SSSR count). The summed E-state index contributed by atoms with van der Waals surface area (Å²) in [4.78, 5) is 0. The van der Waals surface area contributed by atoms with Crippen LogP contribution in [-0.2, 0) is 12.8 Å². The summed E-state index contributed by atoms with van der Waals surface area (Å²) in [5.74, 6) is -0.171.